The highest BCUT2D eigenvalue weighted by molar-refractivity contribution is 4.87. The second-order valence-corrected chi connectivity index (χ2v) is 5.35. The van der Waals surface area contributed by atoms with E-state index < -0.39 is 0 Å². The Labute approximate surface area is 89.9 Å². The summed E-state index contributed by atoms with van der Waals surface area (Å²) in [4.78, 5) is 2.77. The predicted molar refractivity (Wildman–Crippen MR) is 63.5 cm³/mol. The quantitative estimate of drug-likeness (QED) is 0.667. The van der Waals surface area contributed by atoms with Crippen molar-refractivity contribution in [3.8, 4) is 0 Å². The van der Waals surface area contributed by atoms with Crippen molar-refractivity contribution in [2.75, 3.05) is 0 Å². The van der Waals surface area contributed by atoms with E-state index in [4.69, 9.17) is 0 Å². The van der Waals surface area contributed by atoms with Crippen molar-refractivity contribution in [1.29, 1.82) is 0 Å². The minimum atomic E-state index is 0.715. The third-order valence-corrected chi connectivity index (χ3v) is 3.68. The van der Waals surface area contributed by atoms with Crippen LogP contribution < -0.4 is 0 Å². The van der Waals surface area contributed by atoms with Crippen LogP contribution in [0, 0.1) is 5.92 Å². The first kappa shape index (κ1) is 12.0. The number of rotatable bonds is 3. The average molecular weight is 197 g/mol. The Morgan fingerprint density at radius 3 is 2.21 bits per heavy atom. The Balaban J connectivity index is 2.72. The maximum Gasteiger partial charge on any atom is 0.0124 e. The van der Waals surface area contributed by atoms with Crippen molar-refractivity contribution < 1.29 is 0 Å². The third-order valence-electron chi connectivity index (χ3n) is 3.68. The van der Waals surface area contributed by atoms with Crippen LogP contribution in [-0.4, -0.2) is 23.0 Å². The predicted octanol–water partition coefficient (Wildman–Crippen LogP) is 3.68. The third kappa shape index (κ3) is 2.50. The van der Waals surface area contributed by atoms with Gasteiger partial charge in [0.2, 0.25) is 0 Å². The van der Waals surface area contributed by atoms with E-state index in [2.05, 4.69) is 39.5 Å². The first-order valence-electron chi connectivity index (χ1n) is 6.35. The summed E-state index contributed by atoms with van der Waals surface area (Å²) in [5.74, 6) is 0.812. The van der Waals surface area contributed by atoms with Crippen molar-refractivity contribution >= 4 is 0 Å². The second kappa shape index (κ2) is 5.16. The van der Waals surface area contributed by atoms with Crippen LogP contribution in [0.15, 0.2) is 0 Å². The number of nitrogens with zero attached hydrogens (tertiary/aromatic N) is 1. The van der Waals surface area contributed by atoms with Gasteiger partial charge in [-0.15, -0.1) is 0 Å². The summed E-state index contributed by atoms with van der Waals surface area (Å²) in [5.41, 5.74) is 0. The lowest BCUT2D eigenvalue weighted by Gasteiger charge is -2.46. The molecule has 1 rings (SSSR count). The fourth-order valence-corrected chi connectivity index (χ4v) is 3.03. The molecule has 2 atom stereocenters. The molecular weight excluding hydrogens is 170 g/mol. The highest BCUT2D eigenvalue weighted by Gasteiger charge is 2.32. The lowest BCUT2D eigenvalue weighted by atomic mass is 9.87. The van der Waals surface area contributed by atoms with Crippen molar-refractivity contribution in [2.45, 2.75) is 78.4 Å². The van der Waals surface area contributed by atoms with Crippen LogP contribution >= 0.6 is 0 Å². The molecule has 0 aliphatic carbocycles. The topological polar surface area (TPSA) is 3.24 Å². The molecule has 1 aliphatic heterocycles. The molecule has 2 unspecified atom stereocenters. The molecule has 0 saturated carbocycles. The summed E-state index contributed by atoms with van der Waals surface area (Å²) in [6.45, 7) is 11.8. The summed E-state index contributed by atoms with van der Waals surface area (Å²) in [6.07, 6.45) is 5.58. The van der Waals surface area contributed by atoms with Crippen LogP contribution in [0.2, 0.25) is 0 Å². The summed E-state index contributed by atoms with van der Waals surface area (Å²) in [7, 11) is 0. The monoisotopic (exact) mass is 197 g/mol. The van der Waals surface area contributed by atoms with Gasteiger partial charge in [0.1, 0.15) is 0 Å². The van der Waals surface area contributed by atoms with E-state index in [1.807, 2.05) is 0 Å². The van der Waals surface area contributed by atoms with Gasteiger partial charge in [-0.25, -0.2) is 0 Å². The van der Waals surface area contributed by atoms with Crippen LogP contribution in [0.1, 0.15) is 60.3 Å². The molecule has 0 aromatic carbocycles. The molecule has 84 valence electrons. The van der Waals surface area contributed by atoms with Gasteiger partial charge in [-0.3, -0.25) is 4.90 Å². The second-order valence-electron chi connectivity index (χ2n) is 5.35. The fourth-order valence-electron chi connectivity index (χ4n) is 3.03. The van der Waals surface area contributed by atoms with E-state index in [0.29, 0.717) is 6.04 Å². The summed E-state index contributed by atoms with van der Waals surface area (Å²) in [6, 6.07) is 2.39. The molecule has 14 heavy (non-hydrogen) atoms. The molecule has 0 bridgehead atoms. The number of likely N-dealkylation sites (tertiary alicyclic amines) is 1. The van der Waals surface area contributed by atoms with Crippen molar-refractivity contribution in [3.63, 3.8) is 0 Å². The van der Waals surface area contributed by atoms with Crippen LogP contribution in [-0.2, 0) is 0 Å². The summed E-state index contributed by atoms with van der Waals surface area (Å²) in [5, 5.41) is 0. The molecule has 0 N–H and O–H groups in total. The van der Waals surface area contributed by atoms with Crippen LogP contribution in [0.25, 0.3) is 0 Å². The highest BCUT2D eigenvalue weighted by Crippen LogP contribution is 2.30. The molecule has 0 radical (unpaired) electrons. The molecule has 1 saturated heterocycles. The largest absolute Gasteiger partial charge is 0.295 e. The zero-order valence-electron chi connectivity index (χ0n) is 10.6. The smallest absolute Gasteiger partial charge is 0.0124 e. The number of piperidine rings is 1. The molecule has 0 aromatic rings. The Kier molecular flexibility index (Phi) is 4.43. The molecule has 1 fully saturated rings. The van der Waals surface area contributed by atoms with E-state index in [1.54, 1.807) is 0 Å². The van der Waals surface area contributed by atoms with Gasteiger partial charge in [0.05, 0.1) is 0 Å². The number of hydrogen-bond donors (Lipinski definition) is 0. The van der Waals surface area contributed by atoms with E-state index in [0.717, 1.165) is 18.0 Å². The Morgan fingerprint density at radius 2 is 1.79 bits per heavy atom. The summed E-state index contributed by atoms with van der Waals surface area (Å²) < 4.78 is 0. The zero-order chi connectivity index (χ0) is 10.7. The Bertz CT molecular complexity index is 163. The van der Waals surface area contributed by atoms with E-state index in [-0.39, 0.29) is 0 Å². The maximum absolute atomic E-state index is 2.77. The molecule has 0 spiro atoms. The Morgan fingerprint density at radius 1 is 1.14 bits per heavy atom. The fraction of sp³-hybridized carbons (Fsp3) is 1.00. The SMILES string of the molecule is CCC1CCCC(C(C)C)N1C(C)C. The van der Waals surface area contributed by atoms with Crippen LogP contribution in [0.4, 0.5) is 0 Å². The molecular formula is C13H27N. The summed E-state index contributed by atoms with van der Waals surface area (Å²) >= 11 is 0. The molecule has 1 heteroatoms. The van der Waals surface area contributed by atoms with E-state index in [9.17, 15) is 0 Å². The first-order valence-corrected chi connectivity index (χ1v) is 6.35. The van der Waals surface area contributed by atoms with Crippen molar-refractivity contribution in [3.05, 3.63) is 0 Å². The maximum atomic E-state index is 2.77. The highest BCUT2D eigenvalue weighted by atomic mass is 15.2. The zero-order valence-corrected chi connectivity index (χ0v) is 10.6. The van der Waals surface area contributed by atoms with E-state index in [1.165, 1.54) is 25.7 Å². The lowest BCUT2D eigenvalue weighted by Crippen LogP contribution is -2.52. The minimum absolute atomic E-state index is 0.715. The normalized spacial score (nSPS) is 30.2. The van der Waals surface area contributed by atoms with Crippen molar-refractivity contribution in [1.82, 2.24) is 4.90 Å². The molecule has 1 nitrogen and oxygen atoms in total. The van der Waals surface area contributed by atoms with E-state index >= 15 is 0 Å². The van der Waals surface area contributed by atoms with Gasteiger partial charge in [-0.2, -0.15) is 0 Å². The minimum Gasteiger partial charge on any atom is -0.295 e. The standard InChI is InChI=1S/C13H27N/c1-6-12-8-7-9-13(10(2)3)14(12)11(4)5/h10-13H,6-9H2,1-5H3. The van der Waals surface area contributed by atoms with Gasteiger partial charge < -0.3 is 0 Å². The van der Waals surface area contributed by atoms with Gasteiger partial charge >= 0.3 is 0 Å². The van der Waals surface area contributed by atoms with Crippen LogP contribution in [0.5, 0.6) is 0 Å². The van der Waals surface area contributed by atoms with Gasteiger partial charge in [0.25, 0.3) is 0 Å². The lowest BCUT2D eigenvalue weighted by molar-refractivity contribution is 0.0257. The molecule has 0 aromatic heterocycles. The van der Waals surface area contributed by atoms with Crippen molar-refractivity contribution in [2.24, 2.45) is 5.92 Å². The molecule has 1 heterocycles. The average Bonchev–Trinajstić information content (AvgIpc) is 2.16. The van der Waals surface area contributed by atoms with Gasteiger partial charge in [-0.05, 0) is 39.0 Å². The Hall–Kier alpha value is -0.0400. The van der Waals surface area contributed by atoms with Gasteiger partial charge in [-0.1, -0.05) is 27.2 Å². The van der Waals surface area contributed by atoms with Crippen LogP contribution in [0.3, 0.4) is 0 Å². The molecule has 1 aliphatic rings. The molecule has 0 amide bonds. The number of hydrogen-bond acceptors (Lipinski definition) is 1. The van der Waals surface area contributed by atoms with Gasteiger partial charge in [0.15, 0.2) is 0 Å². The van der Waals surface area contributed by atoms with Gasteiger partial charge in [0, 0.05) is 18.1 Å². The first-order chi connectivity index (χ1) is 6.57.